The second kappa shape index (κ2) is 11.1. The van der Waals surface area contributed by atoms with E-state index in [4.69, 9.17) is 0 Å². The van der Waals surface area contributed by atoms with Crippen molar-refractivity contribution < 1.29 is 19.5 Å². The smallest absolute Gasteiger partial charge is 0.320 e. The van der Waals surface area contributed by atoms with Gasteiger partial charge in [0.25, 0.3) is 0 Å². The first-order chi connectivity index (χ1) is 14.3. The Balaban J connectivity index is 2.20. The zero-order valence-electron chi connectivity index (χ0n) is 17.5. The molecule has 0 aliphatic rings. The lowest BCUT2D eigenvalue weighted by atomic mass is 10.0. The molecule has 2 aromatic rings. The van der Waals surface area contributed by atoms with Crippen LogP contribution in [0.15, 0.2) is 60.7 Å². The van der Waals surface area contributed by atoms with Crippen LogP contribution in [0, 0.1) is 5.92 Å². The maximum absolute atomic E-state index is 13.1. The van der Waals surface area contributed by atoms with E-state index in [1.165, 1.54) is 6.92 Å². The van der Waals surface area contributed by atoms with Crippen LogP contribution in [0.4, 0.5) is 5.69 Å². The summed E-state index contributed by atoms with van der Waals surface area (Å²) >= 11 is 0. The van der Waals surface area contributed by atoms with Crippen LogP contribution in [-0.2, 0) is 14.4 Å². The summed E-state index contributed by atoms with van der Waals surface area (Å²) in [6.45, 7) is 5.40. The van der Waals surface area contributed by atoms with Gasteiger partial charge in [-0.15, -0.1) is 0 Å². The van der Waals surface area contributed by atoms with E-state index in [1.54, 1.807) is 36.4 Å². The Hall–Kier alpha value is -3.19. The van der Waals surface area contributed by atoms with Crippen LogP contribution in [0.3, 0.4) is 0 Å². The van der Waals surface area contributed by atoms with Gasteiger partial charge in [-0.1, -0.05) is 62.4 Å². The van der Waals surface area contributed by atoms with Crippen molar-refractivity contribution in [2.45, 2.75) is 45.3 Å². The SMILES string of the molecule is CC(C)CC(NC(=O)C(NC(C)C(=O)O)c1ccccc1)C(=O)Nc1ccccc1. The first-order valence-corrected chi connectivity index (χ1v) is 9.98. The number of carbonyl (C=O) groups is 3. The van der Waals surface area contributed by atoms with Crippen LogP contribution in [0.25, 0.3) is 0 Å². The molecule has 0 fully saturated rings. The summed E-state index contributed by atoms with van der Waals surface area (Å²) < 4.78 is 0. The highest BCUT2D eigenvalue weighted by atomic mass is 16.4. The van der Waals surface area contributed by atoms with E-state index in [1.807, 2.05) is 38.1 Å². The molecule has 0 radical (unpaired) electrons. The van der Waals surface area contributed by atoms with Crippen molar-refractivity contribution >= 4 is 23.5 Å². The molecule has 2 amide bonds. The second-order valence-corrected chi connectivity index (χ2v) is 7.62. The minimum atomic E-state index is -1.07. The van der Waals surface area contributed by atoms with Gasteiger partial charge in [0.2, 0.25) is 11.8 Å². The van der Waals surface area contributed by atoms with Crippen LogP contribution < -0.4 is 16.0 Å². The molecule has 4 N–H and O–H groups in total. The molecule has 30 heavy (non-hydrogen) atoms. The zero-order chi connectivity index (χ0) is 22.1. The summed E-state index contributed by atoms with van der Waals surface area (Å²) in [5.41, 5.74) is 1.26. The van der Waals surface area contributed by atoms with E-state index in [-0.39, 0.29) is 11.8 Å². The lowest BCUT2D eigenvalue weighted by Crippen LogP contribution is -2.50. The summed E-state index contributed by atoms with van der Waals surface area (Å²) in [7, 11) is 0. The Morgan fingerprint density at radius 3 is 1.97 bits per heavy atom. The van der Waals surface area contributed by atoms with Crippen molar-refractivity contribution in [3.05, 3.63) is 66.2 Å². The standard InChI is InChI=1S/C23H29N3O4/c1-15(2)14-19(21(27)25-18-12-8-5-9-13-18)26-22(28)20(24-16(3)23(29)30)17-10-6-4-7-11-17/h4-13,15-16,19-20,24H,14H2,1-3H3,(H,25,27)(H,26,28)(H,29,30). The molecule has 0 spiro atoms. The maximum Gasteiger partial charge on any atom is 0.320 e. The highest BCUT2D eigenvalue weighted by molar-refractivity contribution is 5.98. The van der Waals surface area contributed by atoms with Gasteiger partial charge >= 0.3 is 5.97 Å². The van der Waals surface area contributed by atoms with Crippen molar-refractivity contribution in [2.75, 3.05) is 5.32 Å². The average molecular weight is 412 g/mol. The number of amides is 2. The summed E-state index contributed by atoms with van der Waals surface area (Å²) in [6.07, 6.45) is 0.445. The number of benzene rings is 2. The van der Waals surface area contributed by atoms with Crippen molar-refractivity contribution in [3.8, 4) is 0 Å². The monoisotopic (exact) mass is 411 g/mol. The first-order valence-electron chi connectivity index (χ1n) is 9.98. The third kappa shape index (κ3) is 7.00. The molecule has 0 heterocycles. The number of anilines is 1. The minimum Gasteiger partial charge on any atom is -0.480 e. The Kier molecular flexibility index (Phi) is 8.55. The number of para-hydroxylation sites is 1. The van der Waals surface area contributed by atoms with E-state index >= 15 is 0 Å². The van der Waals surface area contributed by atoms with Gasteiger partial charge in [-0.25, -0.2) is 0 Å². The minimum absolute atomic E-state index is 0.165. The summed E-state index contributed by atoms with van der Waals surface area (Å²) in [6, 6.07) is 15.3. The highest BCUT2D eigenvalue weighted by Gasteiger charge is 2.29. The van der Waals surface area contributed by atoms with Gasteiger partial charge < -0.3 is 15.7 Å². The Bertz CT molecular complexity index is 840. The predicted molar refractivity (Wildman–Crippen MR) is 116 cm³/mol. The summed E-state index contributed by atoms with van der Waals surface area (Å²) in [5, 5.41) is 17.7. The van der Waals surface area contributed by atoms with Gasteiger partial charge in [0, 0.05) is 5.69 Å². The highest BCUT2D eigenvalue weighted by Crippen LogP contribution is 2.16. The quantitative estimate of drug-likeness (QED) is 0.481. The lowest BCUT2D eigenvalue weighted by Gasteiger charge is -2.25. The van der Waals surface area contributed by atoms with Gasteiger partial charge in [0.1, 0.15) is 18.1 Å². The fraction of sp³-hybridized carbons (Fsp3) is 0.348. The van der Waals surface area contributed by atoms with Crippen molar-refractivity contribution in [1.29, 1.82) is 0 Å². The largest absolute Gasteiger partial charge is 0.480 e. The first kappa shape index (κ1) is 23.1. The van der Waals surface area contributed by atoms with E-state index in [9.17, 15) is 19.5 Å². The topological polar surface area (TPSA) is 108 Å². The fourth-order valence-electron chi connectivity index (χ4n) is 3.00. The van der Waals surface area contributed by atoms with Crippen LogP contribution >= 0.6 is 0 Å². The summed E-state index contributed by atoms with van der Waals surface area (Å²) in [4.78, 5) is 37.2. The molecule has 2 aromatic carbocycles. The molecule has 0 aromatic heterocycles. The Labute approximate surface area is 176 Å². The van der Waals surface area contributed by atoms with Crippen molar-refractivity contribution in [1.82, 2.24) is 10.6 Å². The van der Waals surface area contributed by atoms with Gasteiger partial charge in [0.05, 0.1) is 0 Å². The normalized spacial score (nSPS) is 13.9. The van der Waals surface area contributed by atoms with E-state index in [2.05, 4.69) is 16.0 Å². The molecule has 0 saturated carbocycles. The molecule has 0 saturated heterocycles. The molecular formula is C23H29N3O4. The number of nitrogens with one attached hydrogen (secondary N) is 3. The zero-order valence-corrected chi connectivity index (χ0v) is 17.5. The number of hydrogen-bond acceptors (Lipinski definition) is 4. The average Bonchev–Trinajstić information content (AvgIpc) is 2.72. The number of hydrogen-bond donors (Lipinski definition) is 4. The van der Waals surface area contributed by atoms with E-state index < -0.39 is 30.0 Å². The Morgan fingerprint density at radius 2 is 1.43 bits per heavy atom. The van der Waals surface area contributed by atoms with Crippen LogP contribution in [-0.4, -0.2) is 35.0 Å². The third-order valence-corrected chi connectivity index (χ3v) is 4.56. The fourth-order valence-corrected chi connectivity index (χ4v) is 3.00. The molecule has 160 valence electrons. The lowest BCUT2D eigenvalue weighted by molar-refractivity contribution is -0.139. The number of carbonyl (C=O) groups excluding carboxylic acids is 2. The molecule has 3 atom stereocenters. The van der Waals surface area contributed by atoms with E-state index in [0.717, 1.165) is 0 Å². The van der Waals surface area contributed by atoms with Gasteiger partial charge in [-0.3, -0.25) is 19.7 Å². The van der Waals surface area contributed by atoms with Crippen LogP contribution in [0.5, 0.6) is 0 Å². The van der Waals surface area contributed by atoms with Crippen LogP contribution in [0.1, 0.15) is 38.8 Å². The van der Waals surface area contributed by atoms with Crippen molar-refractivity contribution in [3.63, 3.8) is 0 Å². The Morgan fingerprint density at radius 1 is 0.867 bits per heavy atom. The molecule has 3 unspecified atom stereocenters. The van der Waals surface area contributed by atoms with Gasteiger partial charge in [-0.05, 0) is 37.0 Å². The molecule has 0 aliphatic heterocycles. The maximum atomic E-state index is 13.1. The second-order valence-electron chi connectivity index (χ2n) is 7.62. The molecular weight excluding hydrogens is 382 g/mol. The van der Waals surface area contributed by atoms with Gasteiger partial charge in [-0.2, -0.15) is 0 Å². The number of carboxylic acids is 1. The molecule has 7 heteroatoms. The summed E-state index contributed by atoms with van der Waals surface area (Å²) in [5.74, 6) is -1.67. The number of rotatable bonds is 10. The number of carboxylic acid groups (broad SMARTS) is 1. The molecule has 7 nitrogen and oxygen atoms in total. The molecule has 2 rings (SSSR count). The van der Waals surface area contributed by atoms with E-state index in [0.29, 0.717) is 17.7 Å². The molecule has 0 bridgehead atoms. The van der Waals surface area contributed by atoms with Crippen molar-refractivity contribution in [2.24, 2.45) is 5.92 Å². The predicted octanol–water partition coefficient (Wildman–Crippen LogP) is 2.96. The van der Waals surface area contributed by atoms with Crippen LogP contribution in [0.2, 0.25) is 0 Å². The number of aliphatic carboxylic acids is 1. The molecule has 0 aliphatic carbocycles. The third-order valence-electron chi connectivity index (χ3n) is 4.56. The van der Waals surface area contributed by atoms with Gasteiger partial charge in [0.15, 0.2) is 0 Å².